The molecule has 20 heavy (non-hydrogen) atoms. The summed E-state index contributed by atoms with van der Waals surface area (Å²) in [4.78, 5) is 0. The highest BCUT2D eigenvalue weighted by atomic mass is 15.3. The number of hydrogen-bond acceptors (Lipinski definition) is 2. The molecule has 106 valence electrons. The van der Waals surface area contributed by atoms with Crippen molar-refractivity contribution in [3.63, 3.8) is 0 Å². The molecule has 1 heterocycles. The van der Waals surface area contributed by atoms with Gasteiger partial charge >= 0.3 is 0 Å². The molecule has 0 atom stereocenters. The van der Waals surface area contributed by atoms with Gasteiger partial charge in [-0.05, 0) is 25.8 Å². The number of anilines is 1. The minimum atomic E-state index is 0.482. The van der Waals surface area contributed by atoms with Gasteiger partial charge in [0.25, 0.3) is 0 Å². The Morgan fingerprint density at radius 1 is 1.10 bits per heavy atom. The minimum absolute atomic E-state index is 0.482. The fraction of sp³-hybridized carbons (Fsp3) is 0.471. The Morgan fingerprint density at radius 3 is 2.55 bits per heavy atom. The molecule has 0 amide bonds. The van der Waals surface area contributed by atoms with Crippen LogP contribution in [0.15, 0.2) is 30.3 Å². The molecule has 1 aromatic carbocycles. The highest BCUT2D eigenvalue weighted by Crippen LogP contribution is 2.31. The van der Waals surface area contributed by atoms with Gasteiger partial charge in [0, 0.05) is 11.6 Å². The molecule has 0 bridgehead atoms. The van der Waals surface area contributed by atoms with Crippen molar-refractivity contribution < 1.29 is 0 Å². The second-order valence-electron chi connectivity index (χ2n) is 5.91. The average Bonchev–Trinajstić information content (AvgIpc) is 2.66. The van der Waals surface area contributed by atoms with Crippen LogP contribution in [0.3, 0.4) is 0 Å². The number of nitrogens with zero attached hydrogens (tertiary/aromatic N) is 2. The molecule has 0 aliphatic heterocycles. The zero-order valence-corrected chi connectivity index (χ0v) is 12.2. The van der Waals surface area contributed by atoms with Gasteiger partial charge in [-0.25, -0.2) is 4.68 Å². The van der Waals surface area contributed by atoms with E-state index < -0.39 is 0 Å². The van der Waals surface area contributed by atoms with Crippen molar-refractivity contribution in [1.29, 1.82) is 0 Å². The second-order valence-corrected chi connectivity index (χ2v) is 5.91. The lowest BCUT2D eigenvalue weighted by Crippen LogP contribution is -2.12. The summed E-state index contributed by atoms with van der Waals surface area (Å²) in [5, 5.41) is 4.78. The summed E-state index contributed by atoms with van der Waals surface area (Å²) in [6.45, 7) is 2.11. The van der Waals surface area contributed by atoms with Gasteiger partial charge in [-0.2, -0.15) is 5.10 Å². The van der Waals surface area contributed by atoms with E-state index in [1.807, 2.05) is 6.07 Å². The summed E-state index contributed by atoms with van der Waals surface area (Å²) in [6, 6.07) is 10.9. The number of aryl methyl sites for hydroxylation is 1. The van der Waals surface area contributed by atoms with E-state index in [4.69, 9.17) is 10.8 Å². The predicted molar refractivity (Wildman–Crippen MR) is 83.6 cm³/mol. The first-order chi connectivity index (χ1) is 9.74. The van der Waals surface area contributed by atoms with Crippen molar-refractivity contribution in [1.82, 2.24) is 9.78 Å². The highest BCUT2D eigenvalue weighted by molar-refractivity contribution is 5.63. The molecule has 1 fully saturated rings. The summed E-state index contributed by atoms with van der Waals surface area (Å²) in [7, 11) is 0. The molecule has 1 aromatic heterocycles. The summed E-state index contributed by atoms with van der Waals surface area (Å²) in [6.07, 6.45) is 7.70. The first-order valence-corrected chi connectivity index (χ1v) is 7.66. The van der Waals surface area contributed by atoms with Crippen molar-refractivity contribution in [2.45, 2.75) is 51.5 Å². The standard InChI is InChI=1S/C17H23N3/c1-13-7-6-8-14(11-13)16-12-17(18)20(19-16)15-9-4-2-3-5-10-15/h6-8,11-12,15H,2-5,9-10,18H2,1H3. The van der Waals surface area contributed by atoms with Crippen LogP contribution in [0.1, 0.15) is 50.1 Å². The first kappa shape index (κ1) is 13.2. The Kier molecular flexibility index (Phi) is 3.77. The Morgan fingerprint density at radius 2 is 1.85 bits per heavy atom. The molecule has 1 aliphatic carbocycles. The molecule has 2 N–H and O–H groups in total. The number of nitrogens with two attached hydrogens (primary N) is 1. The van der Waals surface area contributed by atoms with Crippen LogP contribution >= 0.6 is 0 Å². The molecular formula is C17H23N3. The smallest absolute Gasteiger partial charge is 0.122 e. The maximum atomic E-state index is 6.20. The minimum Gasteiger partial charge on any atom is -0.384 e. The Labute approximate surface area is 120 Å². The van der Waals surface area contributed by atoms with Crippen molar-refractivity contribution >= 4 is 5.82 Å². The van der Waals surface area contributed by atoms with Gasteiger partial charge in [-0.15, -0.1) is 0 Å². The molecular weight excluding hydrogens is 246 g/mol. The van der Waals surface area contributed by atoms with Crippen molar-refractivity contribution in [3.8, 4) is 11.3 Å². The van der Waals surface area contributed by atoms with Gasteiger partial charge in [-0.3, -0.25) is 0 Å². The third kappa shape index (κ3) is 2.72. The Balaban J connectivity index is 1.90. The van der Waals surface area contributed by atoms with Gasteiger partial charge in [0.1, 0.15) is 5.82 Å². The van der Waals surface area contributed by atoms with Crippen LogP contribution in [0, 0.1) is 6.92 Å². The lowest BCUT2D eigenvalue weighted by Gasteiger charge is -2.16. The van der Waals surface area contributed by atoms with Crippen LogP contribution < -0.4 is 5.73 Å². The normalized spacial score (nSPS) is 17.1. The lowest BCUT2D eigenvalue weighted by molar-refractivity contribution is 0.412. The van der Waals surface area contributed by atoms with E-state index in [2.05, 4.69) is 35.9 Å². The monoisotopic (exact) mass is 269 g/mol. The van der Waals surface area contributed by atoms with Crippen LogP contribution in [0.25, 0.3) is 11.3 Å². The molecule has 3 rings (SSSR count). The maximum Gasteiger partial charge on any atom is 0.122 e. The molecule has 3 nitrogen and oxygen atoms in total. The number of aromatic nitrogens is 2. The summed E-state index contributed by atoms with van der Waals surface area (Å²) in [5.41, 5.74) is 9.61. The molecule has 0 spiro atoms. The second kappa shape index (κ2) is 5.70. The van der Waals surface area contributed by atoms with Crippen molar-refractivity contribution in [2.24, 2.45) is 0 Å². The van der Waals surface area contributed by atoms with Gasteiger partial charge in [-0.1, -0.05) is 49.4 Å². The first-order valence-electron chi connectivity index (χ1n) is 7.66. The van der Waals surface area contributed by atoms with Gasteiger partial charge in [0.05, 0.1) is 11.7 Å². The number of rotatable bonds is 2. The highest BCUT2D eigenvalue weighted by Gasteiger charge is 2.18. The number of hydrogen-bond donors (Lipinski definition) is 1. The third-order valence-corrected chi connectivity index (χ3v) is 4.25. The largest absolute Gasteiger partial charge is 0.384 e. The van der Waals surface area contributed by atoms with Gasteiger partial charge in [0.2, 0.25) is 0 Å². The zero-order valence-electron chi connectivity index (χ0n) is 12.2. The molecule has 0 saturated heterocycles. The summed E-state index contributed by atoms with van der Waals surface area (Å²) >= 11 is 0. The Bertz CT molecular complexity index is 578. The molecule has 3 heteroatoms. The van der Waals surface area contributed by atoms with Gasteiger partial charge < -0.3 is 5.73 Å². The lowest BCUT2D eigenvalue weighted by atomic mass is 10.1. The van der Waals surface area contributed by atoms with E-state index >= 15 is 0 Å². The zero-order chi connectivity index (χ0) is 13.9. The quantitative estimate of drug-likeness (QED) is 0.824. The molecule has 1 saturated carbocycles. The Hall–Kier alpha value is -1.77. The number of nitrogen functional groups attached to an aromatic ring is 1. The maximum absolute atomic E-state index is 6.20. The van der Waals surface area contributed by atoms with E-state index in [1.54, 1.807) is 0 Å². The van der Waals surface area contributed by atoms with Crippen LogP contribution in [0.4, 0.5) is 5.82 Å². The average molecular weight is 269 g/mol. The molecule has 2 aromatic rings. The van der Waals surface area contributed by atoms with E-state index in [-0.39, 0.29) is 0 Å². The summed E-state index contributed by atoms with van der Waals surface area (Å²) in [5.74, 6) is 0.799. The van der Waals surface area contributed by atoms with E-state index in [9.17, 15) is 0 Å². The van der Waals surface area contributed by atoms with Crippen molar-refractivity contribution in [3.05, 3.63) is 35.9 Å². The van der Waals surface area contributed by atoms with E-state index in [0.717, 1.165) is 17.1 Å². The molecule has 0 radical (unpaired) electrons. The van der Waals surface area contributed by atoms with E-state index in [0.29, 0.717) is 6.04 Å². The third-order valence-electron chi connectivity index (χ3n) is 4.25. The van der Waals surface area contributed by atoms with E-state index in [1.165, 1.54) is 44.1 Å². The van der Waals surface area contributed by atoms with Crippen LogP contribution in [0.5, 0.6) is 0 Å². The molecule has 1 aliphatic rings. The van der Waals surface area contributed by atoms with Crippen LogP contribution in [-0.2, 0) is 0 Å². The number of benzene rings is 1. The molecule has 0 unspecified atom stereocenters. The summed E-state index contributed by atoms with van der Waals surface area (Å²) < 4.78 is 2.06. The van der Waals surface area contributed by atoms with Crippen molar-refractivity contribution in [2.75, 3.05) is 5.73 Å². The van der Waals surface area contributed by atoms with Gasteiger partial charge in [0.15, 0.2) is 0 Å². The fourth-order valence-corrected chi connectivity index (χ4v) is 3.15. The fourth-order valence-electron chi connectivity index (χ4n) is 3.15. The topological polar surface area (TPSA) is 43.8 Å². The predicted octanol–water partition coefficient (Wildman–Crippen LogP) is 4.34. The SMILES string of the molecule is Cc1cccc(-c2cc(N)n(C3CCCCCC3)n2)c1. The van der Waals surface area contributed by atoms with Crippen LogP contribution in [0.2, 0.25) is 0 Å². The van der Waals surface area contributed by atoms with Crippen LogP contribution in [-0.4, -0.2) is 9.78 Å².